The highest BCUT2D eigenvalue weighted by Gasteiger charge is 2.13. The Morgan fingerprint density at radius 2 is 2.00 bits per heavy atom. The van der Waals surface area contributed by atoms with E-state index in [9.17, 15) is 0 Å². The second-order valence-corrected chi connectivity index (χ2v) is 3.80. The molecule has 0 saturated carbocycles. The van der Waals surface area contributed by atoms with Gasteiger partial charge in [0, 0.05) is 22.6 Å². The van der Waals surface area contributed by atoms with Crippen molar-refractivity contribution < 1.29 is 9.15 Å². The molecule has 3 nitrogen and oxygen atoms in total. The van der Waals surface area contributed by atoms with Gasteiger partial charge in [0.25, 0.3) is 0 Å². The van der Waals surface area contributed by atoms with Gasteiger partial charge in [-0.05, 0) is 18.2 Å². The van der Waals surface area contributed by atoms with Crippen LogP contribution < -0.4 is 4.74 Å². The number of ether oxygens (including phenoxy) is 1. The third-order valence-corrected chi connectivity index (χ3v) is 2.90. The summed E-state index contributed by atoms with van der Waals surface area (Å²) < 4.78 is 11.1. The molecule has 1 heterocycles. The molecular formula is C14H11NO2. The van der Waals surface area contributed by atoms with E-state index >= 15 is 0 Å². The van der Waals surface area contributed by atoms with Gasteiger partial charge in [0.05, 0.1) is 7.11 Å². The lowest BCUT2D eigenvalue weighted by atomic mass is 10.1. The number of methoxy groups -OCH3 is 1. The topological polar surface area (TPSA) is 46.2 Å². The molecule has 3 aromatic rings. The Bertz CT molecular complexity index is 713. The zero-order valence-electron chi connectivity index (χ0n) is 9.36. The van der Waals surface area contributed by atoms with Crippen LogP contribution in [0.5, 0.6) is 5.75 Å². The fourth-order valence-corrected chi connectivity index (χ4v) is 2.11. The normalized spacial score (nSPS) is 10.9. The lowest BCUT2D eigenvalue weighted by Crippen LogP contribution is -1.86. The molecule has 0 aliphatic rings. The first-order valence-corrected chi connectivity index (χ1v) is 5.34. The minimum atomic E-state index is 0.696. The second kappa shape index (κ2) is 3.63. The summed E-state index contributed by atoms with van der Waals surface area (Å²) in [6, 6.07) is 11.5. The van der Waals surface area contributed by atoms with Crippen LogP contribution in [0.15, 0.2) is 40.8 Å². The van der Waals surface area contributed by atoms with Crippen LogP contribution in [0.2, 0.25) is 0 Å². The average Bonchev–Trinajstić information content (AvgIpc) is 2.77. The number of hydrogen-bond acceptors (Lipinski definition) is 3. The Labute approximate surface area is 98.1 Å². The summed E-state index contributed by atoms with van der Waals surface area (Å²) in [5, 5.41) is 9.41. The van der Waals surface area contributed by atoms with Crippen LogP contribution >= 0.6 is 0 Å². The number of fused-ring (bicyclic) bond motifs is 3. The quantitative estimate of drug-likeness (QED) is 0.677. The van der Waals surface area contributed by atoms with Crippen molar-refractivity contribution in [3.05, 3.63) is 42.0 Å². The predicted octanol–water partition coefficient (Wildman–Crippen LogP) is 3.59. The van der Waals surface area contributed by atoms with Gasteiger partial charge in [-0.25, -0.2) is 0 Å². The summed E-state index contributed by atoms with van der Waals surface area (Å²) in [6.07, 6.45) is 1.34. The summed E-state index contributed by atoms with van der Waals surface area (Å²) in [5.74, 6) is 0.696. The van der Waals surface area contributed by atoms with Crippen molar-refractivity contribution in [1.82, 2.24) is 0 Å². The molecule has 0 aliphatic carbocycles. The van der Waals surface area contributed by atoms with Gasteiger partial charge in [-0.1, -0.05) is 18.2 Å². The third kappa shape index (κ3) is 1.32. The molecule has 0 aliphatic heterocycles. The molecule has 0 amide bonds. The van der Waals surface area contributed by atoms with Crippen LogP contribution in [-0.4, -0.2) is 13.3 Å². The van der Waals surface area contributed by atoms with Crippen molar-refractivity contribution in [2.45, 2.75) is 0 Å². The van der Waals surface area contributed by atoms with E-state index in [1.54, 1.807) is 7.11 Å². The Kier molecular flexibility index (Phi) is 2.11. The second-order valence-electron chi connectivity index (χ2n) is 3.80. The molecule has 0 fully saturated rings. The Morgan fingerprint density at radius 3 is 2.76 bits per heavy atom. The zero-order valence-corrected chi connectivity index (χ0v) is 9.36. The first-order chi connectivity index (χ1) is 8.35. The van der Waals surface area contributed by atoms with Gasteiger partial charge in [-0.2, -0.15) is 0 Å². The van der Waals surface area contributed by atoms with Crippen molar-refractivity contribution in [3.63, 3.8) is 0 Å². The first-order valence-electron chi connectivity index (χ1n) is 5.34. The molecule has 0 atom stereocenters. The third-order valence-electron chi connectivity index (χ3n) is 2.90. The van der Waals surface area contributed by atoms with Crippen LogP contribution in [0, 0.1) is 5.41 Å². The van der Waals surface area contributed by atoms with Gasteiger partial charge in [-0.15, -0.1) is 0 Å². The maximum atomic E-state index is 7.46. The Balaban J connectivity index is 2.57. The first kappa shape index (κ1) is 9.90. The number of rotatable bonds is 2. The smallest absolute Gasteiger partial charge is 0.177 e. The molecule has 3 heteroatoms. The molecule has 1 N–H and O–H groups in total. The SMILES string of the molecule is COc1ccc(C=N)c2c1oc1ccccc12. The molecule has 2 aromatic carbocycles. The monoisotopic (exact) mass is 225 g/mol. The van der Waals surface area contributed by atoms with E-state index in [1.807, 2.05) is 36.4 Å². The number of hydrogen-bond donors (Lipinski definition) is 1. The van der Waals surface area contributed by atoms with E-state index < -0.39 is 0 Å². The minimum Gasteiger partial charge on any atom is -0.493 e. The van der Waals surface area contributed by atoms with Crippen molar-refractivity contribution in [3.8, 4) is 5.75 Å². The highest BCUT2D eigenvalue weighted by atomic mass is 16.5. The molecule has 84 valence electrons. The lowest BCUT2D eigenvalue weighted by molar-refractivity contribution is 0.412. The number of furan rings is 1. The maximum Gasteiger partial charge on any atom is 0.177 e. The Hall–Kier alpha value is -2.29. The van der Waals surface area contributed by atoms with Crippen LogP contribution in [0.4, 0.5) is 0 Å². The van der Waals surface area contributed by atoms with Crippen molar-refractivity contribution in [1.29, 1.82) is 5.41 Å². The van der Waals surface area contributed by atoms with Crippen LogP contribution in [-0.2, 0) is 0 Å². The number of benzene rings is 2. The van der Waals surface area contributed by atoms with E-state index in [-0.39, 0.29) is 0 Å². The average molecular weight is 225 g/mol. The molecule has 0 spiro atoms. The van der Waals surface area contributed by atoms with Crippen molar-refractivity contribution in [2.24, 2.45) is 0 Å². The van der Waals surface area contributed by atoms with E-state index in [0.717, 1.165) is 21.9 Å². The van der Waals surface area contributed by atoms with Crippen molar-refractivity contribution in [2.75, 3.05) is 7.11 Å². The number of nitrogens with one attached hydrogen (secondary N) is 1. The fraction of sp³-hybridized carbons (Fsp3) is 0.0714. The molecule has 0 saturated heterocycles. The van der Waals surface area contributed by atoms with Gasteiger partial charge in [0.1, 0.15) is 5.58 Å². The molecule has 1 aromatic heterocycles. The fourth-order valence-electron chi connectivity index (χ4n) is 2.11. The van der Waals surface area contributed by atoms with Crippen molar-refractivity contribution >= 4 is 28.2 Å². The predicted molar refractivity (Wildman–Crippen MR) is 68.2 cm³/mol. The van der Waals surface area contributed by atoms with E-state index in [1.165, 1.54) is 6.21 Å². The van der Waals surface area contributed by atoms with Gasteiger partial charge >= 0.3 is 0 Å². The summed E-state index contributed by atoms with van der Waals surface area (Å²) in [4.78, 5) is 0. The largest absolute Gasteiger partial charge is 0.493 e. The molecule has 3 rings (SSSR count). The molecule has 17 heavy (non-hydrogen) atoms. The molecular weight excluding hydrogens is 214 g/mol. The standard InChI is InChI=1S/C14H11NO2/c1-16-12-7-6-9(8-15)13-10-4-2-3-5-11(10)17-14(12)13/h2-8,15H,1H3. The van der Waals surface area contributed by atoms with E-state index in [0.29, 0.717) is 11.3 Å². The molecule has 0 bridgehead atoms. The van der Waals surface area contributed by atoms with Crippen LogP contribution in [0.1, 0.15) is 5.56 Å². The Morgan fingerprint density at radius 1 is 1.18 bits per heavy atom. The molecule has 0 unspecified atom stereocenters. The van der Waals surface area contributed by atoms with Gasteiger partial charge in [0.15, 0.2) is 11.3 Å². The van der Waals surface area contributed by atoms with Gasteiger partial charge < -0.3 is 14.6 Å². The molecule has 0 radical (unpaired) electrons. The zero-order chi connectivity index (χ0) is 11.8. The van der Waals surface area contributed by atoms with Crippen LogP contribution in [0.3, 0.4) is 0 Å². The van der Waals surface area contributed by atoms with E-state index in [2.05, 4.69) is 0 Å². The van der Waals surface area contributed by atoms with E-state index in [4.69, 9.17) is 14.6 Å². The summed E-state index contributed by atoms with van der Waals surface area (Å²) in [5.41, 5.74) is 2.36. The lowest BCUT2D eigenvalue weighted by Gasteiger charge is -2.01. The van der Waals surface area contributed by atoms with Crippen LogP contribution in [0.25, 0.3) is 21.9 Å². The number of para-hydroxylation sites is 1. The minimum absolute atomic E-state index is 0.696. The highest BCUT2D eigenvalue weighted by Crippen LogP contribution is 2.36. The van der Waals surface area contributed by atoms with Gasteiger partial charge in [0.2, 0.25) is 0 Å². The van der Waals surface area contributed by atoms with Gasteiger partial charge in [-0.3, -0.25) is 0 Å². The summed E-state index contributed by atoms with van der Waals surface area (Å²) >= 11 is 0. The summed E-state index contributed by atoms with van der Waals surface area (Å²) in [6.45, 7) is 0. The maximum absolute atomic E-state index is 7.46. The summed E-state index contributed by atoms with van der Waals surface area (Å²) in [7, 11) is 1.62. The highest BCUT2D eigenvalue weighted by molar-refractivity contribution is 6.14.